The lowest BCUT2D eigenvalue weighted by molar-refractivity contribution is 0.189. The van der Waals surface area contributed by atoms with Crippen LogP contribution in [0.1, 0.15) is 5.56 Å². The Bertz CT molecular complexity index is 390. The number of anilines is 2. The summed E-state index contributed by atoms with van der Waals surface area (Å²) in [5.74, 6) is 0. The second-order valence-corrected chi connectivity index (χ2v) is 4.64. The van der Waals surface area contributed by atoms with Crippen molar-refractivity contribution in [3.8, 4) is 0 Å². The molecule has 100 valence electrons. The zero-order valence-corrected chi connectivity index (χ0v) is 10.5. The number of benzene rings is 1. The molecule has 0 bridgehead atoms. The molecule has 0 atom stereocenters. The van der Waals surface area contributed by atoms with E-state index >= 15 is 0 Å². The van der Waals surface area contributed by atoms with Crippen molar-refractivity contribution in [2.45, 2.75) is 6.61 Å². The number of nitrogen functional groups attached to an aromatic ring is 1. The number of β-amino-alcohol motifs (C(OH)–C–C–N with tert-alkyl or cyclic N) is 1. The summed E-state index contributed by atoms with van der Waals surface area (Å²) in [4.78, 5) is 4.51. The second-order valence-electron chi connectivity index (χ2n) is 4.64. The number of hydrogen-bond acceptors (Lipinski definition) is 5. The minimum atomic E-state index is 0.0164. The van der Waals surface area contributed by atoms with Gasteiger partial charge in [0.2, 0.25) is 0 Å². The molecule has 0 unspecified atom stereocenters. The molecule has 0 spiro atoms. The van der Waals surface area contributed by atoms with Crippen molar-refractivity contribution >= 4 is 11.4 Å². The number of aliphatic hydroxyl groups excluding tert-OH is 2. The maximum absolute atomic E-state index is 9.19. The highest BCUT2D eigenvalue weighted by molar-refractivity contribution is 5.58. The lowest BCUT2D eigenvalue weighted by Crippen LogP contribution is -2.47. The highest BCUT2D eigenvalue weighted by Gasteiger charge is 2.17. The van der Waals surface area contributed by atoms with Gasteiger partial charge in [0.05, 0.1) is 13.2 Å². The number of aliphatic hydroxyl groups is 2. The first-order valence-electron chi connectivity index (χ1n) is 6.31. The van der Waals surface area contributed by atoms with Crippen molar-refractivity contribution in [1.29, 1.82) is 0 Å². The summed E-state index contributed by atoms with van der Waals surface area (Å²) in [5, 5.41) is 18.1. The first kappa shape index (κ1) is 13.1. The van der Waals surface area contributed by atoms with Gasteiger partial charge in [0.1, 0.15) is 0 Å². The number of rotatable bonds is 4. The molecular weight excluding hydrogens is 230 g/mol. The first-order chi connectivity index (χ1) is 8.72. The Labute approximate surface area is 107 Å². The van der Waals surface area contributed by atoms with Crippen molar-refractivity contribution in [3.63, 3.8) is 0 Å². The Kier molecular flexibility index (Phi) is 4.41. The quantitative estimate of drug-likeness (QED) is 0.650. The lowest BCUT2D eigenvalue weighted by atomic mass is 10.1. The van der Waals surface area contributed by atoms with E-state index in [-0.39, 0.29) is 13.2 Å². The molecule has 1 saturated heterocycles. The Morgan fingerprint density at radius 1 is 1.06 bits per heavy atom. The van der Waals surface area contributed by atoms with Gasteiger partial charge >= 0.3 is 0 Å². The van der Waals surface area contributed by atoms with Gasteiger partial charge in [0.15, 0.2) is 0 Å². The number of nitrogens with zero attached hydrogens (tertiary/aromatic N) is 2. The van der Waals surface area contributed by atoms with E-state index in [1.165, 1.54) is 0 Å². The van der Waals surface area contributed by atoms with E-state index in [0.29, 0.717) is 5.69 Å². The second kappa shape index (κ2) is 6.04. The first-order valence-corrected chi connectivity index (χ1v) is 6.31. The van der Waals surface area contributed by atoms with Crippen LogP contribution in [0.4, 0.5) is 11.4 Å². The van der Waals surface area contributed by atoms with Crippen LogP contribution in [0.3, 0.4) is 0 Å². The third kappa shape index (κ3) is 3.13. The minimum Gasteiger partial charge on any atom is -0.399 e. The molecule has 0 saturated carbocycles. The molecular formula is C13H21N3O2. The predicted octanol–water partition coefficient (Wildman–Crippen LogP) is -0.125. The van der Waals surface area contributed by atoms with E-state index in [1.54, 1.807) is 6.07 Å². The Morgan fingerprint density at radius 3 is 2.39 bits per heavy atom. The third-order valence-corrected chi connectivity index (χ3v) is 3.34. The van der Waals surface area contributed by atoms with Crippen LogP contribution >= 0.6 is 0 Å². The summed E-state index contributed by atoms with van der Waals surface area (Å²) < 4.78 is 0. The summed E-state index contributed by atoms with van der Waals surface area (Å²) in [6.45, 7) is 4.72. The summed E-state index contributed by atoms with van der Waals surface area (Å²) >= 11 is 0. The predicted molar refractivity (Wildman–Crippen MR) is 72.5 cm³/mol. The maximum atomic E-state index is 9.19. The van der Waals surface area contributed by atoms with Crippen LogP contribution in [0.5, 0.6) is 0 Å². The van der Waals surface area contributed by atoms with Gasteiger partial charge in [0.25, 0.3) is 0 Å². The zero-order chi connectivity index (χ0) is 13.0. The third-order valence-electron chi connectivity index (χ3n) is 3.34. The van der Waals surface area contributed by atoms with Gasteiger partial charge in [-0.25, -0.2) is 0 Å². The number of nitrogens with two attached hydrogens (primary N) is 1. The minimum absolute atomic E-state index is 0.0164. The van der Waals surface area contributed by atoms with E-state index in [1.807, 2.05) is 12.1 Å². The molecule has 1 heterocycles. The molecule has 0 aliphatic carbocycles. The van der Waals surface area contributed by atoms with Gasteiger partial charge in [-0.2, -0.15) is 0 Å². The van der Waals surface area contributed by atoms with Gasteiger partial charge in [-0.3, -0.25) is 4.90 Å². The SMILES string of the molecule is Nc1cc(CO)cc(N2CCN(CCO)CC2)c1. The molecule has 0 amide bonds. The van der Waals surface area contributed by atoms with Gasteiger partial charge in [0, 0.05) is 44.1 Å². The molecule has 18 heavy (non-hydrogen) atoms. The smallest absolute Gasteiger partial charge is 0.0683 e. The molecule has 2 rings (SSSR count). The summed E-state index contributed by atoms with van der Waals surface area (Å²) in [6.07, 6.45) is 0. The standard InChI is InChI=1S/C13H21N3O2/c14-12-7-11(10-18)8-13(9-12)16-3-1-15(2-4-16)5-6-17/h7-9,17-18H,1-6,10,14H2. The molecule has 1 fully saturated rings. The zero-order valence-electron chi connectivity index (χ0n) is 10.5. The Balaban J connectivity index is 2.02. The Morgan fingerprint density at radius 2 is 1.78 bits per heavy atom. The molecule has 1 aliphatic heterocycles. The summed E-state index contributed by atoms with van der Waals surface area (Å²) in [6, 6.07) is 5.73. The summed E-state index contributed by atoms with van der Waals surface area (Å²) in [5.41, 5.74) is 8.45. The van der Waals surface area contributed by atoms with Crippen molar-refractivity contribution in [2.24, 2.45) is 0 Å². The normalized spacial score (nSPS) is 17.1. The topological polar surface area (TPSA) is 73.0 Å². The fraction of sp³-hybridized carbons (Fsp3) is 0.538. The van der Waals surface area contributed by atoms with Crippen molar-refractivity contribution in [3.05, 3.63) is 23.8 Å². The van der Waals surface area contributed by atoms with Gasteiger partial charge in [-0.05, 0) is 23.8 Å². The van der Waals surface area contributed by atoms with Crippen molar-refractivity contribution in [1.82, 2.24) is 4.90 Å². The largest absolute Gasteiger partial charge is 0.399 e. The van der Waals surface area contributed by atoms with Crippen LogP contribution in [-0.2, 0) is 6.61 Å². The molecule has 1 aliphatic rings. The fourth-order valence-electron chi connectivity index (χ4n) is 2.34. The molecule has 0 aromatic heterocycles. The van der Waals surface area contributed by atoms with Crippen LogP contribution in [-0.4, -0.2) is 54.4 Å². The Hall–Kier alpha value is -1.30. The van der Waals surface area contributed by atoms with Crippen LogP contribution in [0.15, 0.2) is 18.2 Å². The van der Waals surface area contributed by atoms with Crippen LogP contribution in [0.2, 0.25) is 0 Å². The van der Waals surface area contributed by atoms with Gasteiger partial charge in [-0.15, -0.1) is 0 Å². The molecule has 5 nitrogen and oxygen atoms in total. The van der Waals surface area contributed by atoms with E-state index in [0.717, 1.165) is 44.0 Å². The van der Waals surface area contributed by atoms with Crippen molar-refractivity contribution in [2.75, 3.05) is 50.0 Å². The average Bonchev–Trinajstić information content (AvgIpc) is 2.39. The van der Waals surface area contributed by atoms with E-state index in [4.69, 9.17) is 10.8 Å². The molecule has 1 aromatic carbocycles. The summed E-state index contributed by atoms with van der Waals surface area (Å²) in [7, 11) is 0. The highest BCUT2D eigenvalue weighted by Crippen LogP contribution is 2.22. The molecule has 4 N–H and O–H groups in total. The van der Waals surface area contributed by atoms with Gasteiger partial charge in [-0.1, -0.05) is 0 Å². The van der Waals surface area contributed by atoms with E-state index < -0.39 is 0 Å². The molecule has 5 heteroatoms. The average molecular weight is 251 g/mol. The number of hydrogen-bond donors (Lipinski definition) is 3. The lowest BCUT2D eigenvalue weighted by Gasteiger charge is -2.36. The molecule has 0 radical (unpaired) electrons. The van der Waals surface area contributed by atoms with Crippen LogP contribution in [0, 0.1) is 0 Å². The van der Waals surface area contributed by atoms with E-state index in [2.05, 4.69) is 9.80 Å². The van der Waals surface area contributed by atoms with Gasteiger partial charge < -0.3 is 20.8 Å². The fourth-order valence-corrected chi connectivity index (χ4v) is 2.34. The highest BCUT2D eigenvalue weighted by atomic mass is 16.3. The maximum Gasteiger partial charge on any atom is 0.0683 e. The van der Waals surface area contributed by atoms with E-state index in [9.17, 15) is 5.11 Å². The monoisotopic (exact) mass is 251 g/mol. The van der Waals surface area contributed by atoms with Crippen molar-refractivity contribution < 1.29 is 10.2 Å². The van der Waals surface area contributed by atoms with Crippen LogP contribution < -0.4 is 10.6 Å². The van der Waals surface area contributed by atoms with Crippen LogP contribution in [0.25, 0.3) is 0 Å². The molecule has 1 aromatic rings. The number of piperazine rings is 1.